The van der Waals surface area contributed by atoms with Gasteiger partial charge in [0.1, 0.15) is 5.60 Å². The van der Waals surface area contributed by atoms with Crippen molar-refractivity contribution in [2.45, 2.75) is 52.7 Å². The lowest BCUT2D eigenvalue weighted by atomic mass is 10.1. The summed E-state index contributed by atoms with van der Waals surface area (Å²) in [7, 11) is 2.14. The molecule has 0 aromatic heterocycles. The SMILES string of the molecule is CC(C)CN(C)C1CCN(C(=O)OC(C)(C)C)C1. The van der Waals surface area contributed by atoms with Gasteiger partial charge in [-0.2, -0.15) is 0 Å². The Morgan fingerprint density at radius 2 is 2.06 bits per heavy atom. The van der Waals surface area contributed by atoms with E-state index in [-0.39, 0.29) is 6.09 Å². The predicted octanol–water partition coefficient (Wildman–Crippen LogP) is 2.58. The standard InChI is InChI=1S/C14H28N2O2/c1-11(2)9-15(6)12-7-8-16(10-12)13(17)18-14(3,4)5/h11-12H,7-10H2,1-6H3. The number of hydrogen-bond donors (Lipinski definition) is 0. The smallest absolute Gasteiger partial charge is 0.410 e. The van der Waals surface area contributed by atoms with Crippen LogP contribution in [0.3, 0.4) is 0 Å². The molecule has 1 fully saturated rings. The number of likely N-dealkylation sites (N-methyl/N-ethyl adjacent to an activating group) is 1. The number of carbonyl (C=O) groups excluding carboxylic acids is 1. The van der Waals surface area contributed by atoms with Crippen molar-refractivity contribution in [2.75, 3.05) is 26.7 Å². The van der Waals surface area contributed by atoms with Gasteiger partial charge in [0.25, 0.3) is 0 Å². The van der Waals surface area contributed by atoms with Crippen molar-refractivity contribution in [3.8, 4) is 0 Å². The summed E-state index contributed by atoms with van der Waals surface area (Å²) in [4.78, 5) is 16.1. The molecule has 0 aliphatic carbocycles. The largest absolute Gasteiger partial charge is 0.444 e. The van der Waals surface area contributed by atoms with Gasteiger partial charge >= 0.3 is 6.09 Å². The van der Waals surface area contributed by atoms with Crippen LogP contribution in [0.1, 0.15) is 41.0 Å². The molecule has 1 aliphatic heterocycles. The summed E-state index contributed by atoms with van der Waals surface area (Å²) in [6.45, 7) is 12.8. The highest BCUT2D eigenvalue weighted by molar-refractivity contribution is 5.68. The second kappa shape index (κ2) is 5.91. The summed E-state index contributed by atoms with van der Waals surface area (Å²) in [5, 5.41) is 0. The van der Waals surface area contributed by atoms with Gasteiger partial charge in [0.15, 0.2) is 0 Å². The zero-order valence-electron chi connectivity index (χ0n) is 12.7. The van der Waals surface area contributed by atoms with Gasteiger partial charge in [-0.25, -0.2) is 4.79 Å². The molecule has 106 valence electrons. The molecule has 1 rings (SSSR count). The molecule has 4 nitrogen and oxygen atoms in total. The lowest BCUT2D eigenvalue weighted by molar-refractivity contribution is 0.0282. The molecular weight excluding hydrogens is 228 g/mol. The average molecular weight is 256 g/mol. The van der Waals surface area contributed by atoms with E-state index in [4.69, 9.17) is 4.74 Å². The van der Waals surface area contributed by atoms with Crippen molar-refractivity contribution < 1.29 is 9.53 Å². The van der Waals surface area contributed by atoms with Gasteiger partial charge in [0, 0.05) is 25.7 Å². The number of ether oxygens (including phenoxy) is 1. The molecule has 1 atom stereocenters. The van der Waals surface area contributed by atoms with Crippen LogP contribution in [-0.2, 0) is 4.74 Å². The lowest BCUT2D eigenvalue weighted by Crippen LogP contribution is -2.40. The fraction of sp³-hybridized carbons (Fsp3) is 0.929. The summed E-state index contributed by atoms with van der Waals surface area (Å²) in [5.41, 5.74) is -0.404. The van der Waals surface area contributed by atoms with E-state index in [9.17, 15) is 4.79 Å². The second-order valence-electron chi connectivity index (χ2n) is 6.70. The van der Waals surface area contributed by atoms with Gasteiger partial charge < -0.3 is 14.5 Å². The Morgan fingerprint density at radius 1 is 1.44 bits per heavy atom. The molecule has 1 saturated heterocycles. The summed E-state index contributed by atoms with van der Waals surface area (Å²) in [6, 6.07) is 0.472. The molecular formula is C14H28N2O2. The first-order valence-electron chi connectivity index (χ1n) is 6.87. The third-order valence-electron chi connectivity index (χ3n) is 3.09. The minimum Gasteiger partial charge on any atom is -0.444 e. The Kier molecular flexibility index (Phi) is 5.02. The van der Waals surface area contributed by atoms with Gasteiger partial charge in [-0.1, -0.05) is 13.8 Å². The van der Waals surface area contributed by atoms with Crippen LogP contribution in [0.15, 0.2) is 0 Å². The monoisotopic (exact) mass is 256 g/mol. The molecule has 0 N–H and O–H groups in total. The number of carbonyl (C=O) groups is 1. The third-order valence-corrected chi connectivity index (χ3v) is 3.09. The summed E-state index contributed by atoms with van der Waals surface area (Å²) >= 11 is 0. The van der Waals surface area contributed by atoms with Crippen LogP contribution in [-0.4, -0.2) is 54.2 Å². The Hall–Kier alpha value is -0.770. The van der Waals surface area contributed by atoms with Crippen molar-refractivity contribution in [2.24, 2.45) is 5.92 Å². The van der Waals surface area contributed by atoms with Gasteiger partial charge in [0.2, 0.25) is 0 Å². The number of nitrogens with zero attached hydrogens (tertiary/aromatic N) is 2. The maximum absolute atomic E-state index is 11.9. The highest BCUT2D eigenvalue weighted by Crippen LogP contribution is 2.18. The van der Waals surface area contributed by atoms with E-state index in [1.807, 2.05) is 25.7 Å². The van der Waals surface area contributed by atoms with Crippen molar-refractivity contribution >= 4 is 6.09 Å². The predicted molar refractivity (Wildman–Crippen MR) is 73.7 cm³/mol. The molecule has 1 heterocycles. The normalized spacial score (nSPS) is 20.9. The van der Waals surface area contributed by atoms with E-state index >= 15 is 0 Å². The molecule has 0 saturated carbocycles. The maximum Gasteiger partial charge on any atom is 0.410 e. The van der Waals surface area contributed by atoms with Crippen molar-refractivity contribution in [3.63, 3.8) is 0 Å². The molecule has 1 amide bonds. The number of hydrogen-bond acceptors (Lipinski definition) is 3. The zero-order valence-corrected chi connectivity index (χ0v) is 12.7. The first kappa shape index (κ1) is 15.3. The van der Waals surface area contributed by atoms with E-state index < -0.39 is 5.60 Å². The van der Waals surface area contributed by atoms with Gasteiger partial charge in [-0.05, 0) is 40.2 Å². The fourth-order valence-corrected chi connectivity index (χ4v) is 2.32. The summed E-state index contributed by atoms with van der Waals surface area (Å²) < 4.78 is 5.40. The van der Waals surface area contributed by atoms with Gasteiger partial charge in [-0.15, -0.1) is 0 Å². The van der Waals surface area contributed by atoms with E-state index in [0.717, 1.165) is 26.1 Å². The molecule has 18 heavy (non-hydrogen) atoms. The fourth-order valence-electron chi connectivity index (χ4n) is 2.32. The summed E-state index contributed by atoms with van der Waals surface area (Å²) in [5.74, 6) is 0.658. The number of rotatable bonds is 3. The van der Waals surface area contributed by atoms with Crippen LogP contribution in [0.2, 0.25) is 0 Å². The molecule has 0 aromatic carbocycles. The Balaban J connectivity index is 2.43. The van der Waals surface area contributed by atoms with Crippen LogP contribution in [0, 0.1) is 5.92 Å². The Labute approximate surface area is 111 Å². The quantitative estimate of drug-likeness (QED) is 0.778. The van der Waals surface area contributed by atoms with Crippen LogP contribution in [0.4, 0.5) is 4.79 Å². The zero-order chi connectivity index (χ0) is 13.9. The molecule has 0 bridgehead atoms. The second-order valence-corrected chi connectivity index (χ2v) is 6.70. The van der Waals surface area contributed by atoms with Crippen molar-refractivity contribution in [1.29, 1.82) is 0 Å². The first-order valence-corrected chi connectivity index (χ1v) is 6.87. The molecule has 0 aromatic rings. The molecule has 1 aliphatic rings. The van der Waals surface area contributed by atoms with Crippen LogP contribution in [0.5, 0.6) is 0 Å². The summed E-state index contributed by atoms with van der Waals surface area (Å²) in [6.07, 6.45) is 0.866. The van der Waals surface area contributed by atoms with E-state index in [0.29, 0.717) is 12.0 Å². The molecule has 0 spiro atoms. The average Bonchev–Trinajstić information content (AvgIpc) is 2.61. The van der Waals surface area contributed by atoms with Crippen molar-refractivity contribution in [3.05, 3.63) is 0 Å². The number of amides is 1. The Morgan fingerprint density at radius 3 is 2.56 bits per heavy atom. The van der Waals surface area contributed by atoms with Gasteiger partial charge in [0.05, 0.1) is 0 Å². The van der Waals surface area contributed by atoms with E-state index in [1.54, 1.807) is 0 Å². The first-order chi connectivity index (χ1) is 8.19. The highest BCUT2D eigenvalue weighted by Gasteiger charge is 2.31. The topological polar surface area (TPSA) is 32.8 Å². The minimum absolute atomic E-state index is 0.178. The highest BCUT2D eigenvalue weighted by atomic mass is 16.6. The maximum atomic E-state index is 11.9. The minimum atomic E-state index is -0.404. The van der Waals surface area contributed by atoms with Gasteiger partial charge in [-0.3, -0.25) is 0 Å². The van der Waals surface area contributed by atoms with Crippen molar-refractivity contribution in [1.82, 2.24) is 9.80 Å². The molecule has 0 radical (unpaired) electrons. The molecule has 1 unspecified atom stereocenters. The number of likely N-dealkylation sites (tertiary alicyclic amines) is 1. The van der Waals surface area contributed by atoms with E-state index in [1.165, 1.54) is 0 Å². The van der Waals surface area contributed by atoms with Crippen LogP contribution >= 0.6 is 0 Å². The van der Waals surface area contributed by atoms with E-state index in [2.05, 4.69) is 25.8 Å². The third kappa shape index (κ3) is 4.84. The lowest BCUT2D eigenvalue weighted by Gasteiger charge is -2.27. The Bertz CT molecular complexity index is 284. The van der Waals surface area contributed by atoms with Crippen LogP contribution < -0.4 is 0 Å². The van der Waals surface area contributed by atoms with Crippen LogP contribution in [0.25, 0.3) is 0 Å². The molecule has 4 heteroatoms.